The minimum absolute atomic E-state index is 0.0275. The van der Waals surface area contributed by atoms with Gasteiger partial charge in [-0.3, -0.25) is 14.6 Å². The van der Waals surface area contributed by atoms with E-state index in [1.165, 1.54) is 26.1 Å². The molecule has 1 fully saturated rings. The molecular weight excluding hydrogens is 465 g/mol. The highest BCUT2D eigenvalue weighted by Gasteiger charge is 2.65. The molecule has 0 saturated carbocycles. The van der Waals surface area contributed by atoms with Crippen molar-refractivity contribution in [3.05, 3.63) is 53.4 Å². The summed E-state index contributed by atoms with van der Waals surface area (Å²) in [6.45, 7) is 3.39. The molecule has 184 valence electrons. The first-order valence-corrected chi connectivity index (χ1v) is 10.2. The Morgan fingerprint density at radius 2 is 1.94 bits per heavy atom. The largest absolute Gasteiger partial charge is 0.490 e. The second-order valence-electron chi connectivity index (χ2n) is 7.95. The summed E-state index contributed by atoms with van der Waals surface area (Å²) >= 11 is 0. The molecule has 7 nitrogen and oxygen atoms in total. The molecule has 12 heteroatoms. The van der Waals surface area contributed by atoms with Crippen molar-refractivity contribution in [1.29, 1.82) is 0 Å². The number of halogens is 5. The van der Waals surface area contributed by atoms with Gasteiger partial charge in [-0.25, -0.2) is 4.39 Å². The van der Waals surface area contributed by atoms with Gasteiger partial charge in [0.2, 0.25) is 5.82 Å². The van der Waals surface area contributed by atoms with E-state index in [2.05, 4.69) is 10.3 Å². The molecule has 2 aromatic rings. The van der Waals surface area contributed by atoms with Crippen LogP contribution in [0.15, 0.2) is 30.5 Å². The number of benzene rings is 1. The van der Waals surface area contributed by atoms with Crippen LogP contribution in [0.4, 0.5) is 27.6 Å². The first kappa shape index (κ1) is 25.3. The number of nitrogens with zero attached hydrogens (tertiary/aromatic N) is 1. The monoisotopic (exact) mass is 487 g/mol. The Balaban J connectivity index is 2.09. The van der Waals surface area contributed by atoms with Gasteiger partial charge in [-0.1, -0.05) is 13.0 Å². The Kier molecular flexibility index (Phi) is 6.83. The van der Waals surface area contributed by atoms with Gasteiger partial charge in [-0.15, -0.1) is 0 Å². The molecule has 2 amide bonds. The van der Waals surface area contributed by atoms with Crippen LogP contribution in [0.1, 0.15) is 42.7 Å². The van der Waals surface area contributed by atoms with Crippen LogP contribution in [-0.4, -0.2) is 41.3 Å². The standard InChI is InChI=1S/C22H22F5N3O4/c1-4-33-17-12(5-6-13(23)16(17)24)15-10(2)21(3,22(25,26)27)34-18(15)20(32)30-11-7-8-29-14(9-11)19(28)31/h5-10,15,18H,4H2,1-3H3,(H2,28,31)(H,29,30,32)/t10-,15-,18+,21-/m1/s1. The molecule has 1 aliphatic heterocycles. The third kappa shape index (κ3) is 4.41. The van der Waals surface area contributed by atoms with Crippen LogP contribution in [0.5, 0.6) is 5.75 Å². The first-order chi connectivity index (χ1) is 15.8. The van der Waals surface area contributed by atoms with Crippen LogP contribution in [0.3, 0.4) is 0 Å². The molecule has 2 heterocycles. The van der Waals surface area contributed by atoms with Gasteiger partial charge < -0.3 is 20.5 Å². The number of alkyl halides is 3. The van der Waals surface area contributed by atoms with Crippen LogP contribution >= 0.6 is 0 Å². The Hall–Kier alpha value is -3.28. The summed E-state index contributed by atoms with van der Waals surface area (Å²) in [5, 5.41) is 2.38. The fraction of sp³-hybridized carbons (Fsp3) is 0.409. The number of carbonyl (C=O) groups excluding carboxylic acids is 2. The average Bonchev–Trinajstić information content (AvgIpc) is 3.04. The number of hydrogen-bond acceptors (Lipinski definition) is 5. The number of amides is 2. The molecule has 0 unspecified atom stereocenters. The third-order valence-corrected chi connectivity index (χ3v) is 5.93. The van der Waals surface area contributed by atoms with Crippen molar-refractivity contribution in [1.82, 2.24) is 4.98 Å². The minimum Gasteiger partial charge on any atom is -0.490 e. The quantitative estimate of drug-likeness (QED) is 0.601. The lowest BCUT2D eigenvalue weighted by atomic mass is 9.77. The lowest BCUT2D eigenvalue weighted by molar-refractivity contribution is -0.272. The topological polar surface area (TPSA) is 104 Å². The molecule has 3 rings (SSSR count). The number of carbonyl (C=O) groups is 2. The maximum Gasteiger partial charge on any atom is 0.417 e. The van der Waals surface area contributed by atoms with Crippen LogP contribution in [0.25, 0.3) is 0 Å². The summed E-state index contributed by atoms with van der Waals surface area (Å²) in [6.07, 6.45) is -5.48. The second kappa shape index (κ2) is 9.16. The maximum atomic E-state index is 14.5. The lowest BCUT2D eigenvalue weighted by Crippen LogP contribution is -2.47. The Labute approximate surface area is 191 Å². The highest BCUT2D eigenvalue weighted by Crippen LogP contribution is 2.55. The van der Waals surface area contributed by atoms with Crippen molar-refractivity contribution in [2.24, 2.45) is 11.7 Å². The SMILES string of the molecule is CCOc1c([C@@H]2[C@@H](C(=O)Nc3ccnc(C(N)=O)c3)O[C@@](C)(C(F)(F)F)[C@@H]2C)ccc(F)c1F. The predicted octanol–water partition coefficient (Wildman–Crippen LogP) is 3.94. The number of anilines is 1. The number of ether oxygens (including phenoxy) is 2. The summed E-state index contributed by atoms with van der Waals surface area (Å²) in [7, 11) is 0. The Bertz CT molecular complexity index is 1110. The molecule has 3 N–H and O–H groups in total. The number of nitrogens with two attached hydrogens (primary N) is 1. The summed E-state index contributed by atoms with van der Waals surface area (Å²) in [4.78, 5) is 28.2. The van der Waals surface area contributed by atoms with E-state index in [4.69, 9.17) is 15.2 Å². The van der Waals surface area contributed by atoms with Crippen LogP contribution in [0.2, 0.25) is 0 Å². The molecule has 34 heavy (non-hydrogen) atoms. The fourth-order valence-corrected chi connectivity index (χ4v) is 3.98. The zero-order chi connectivity index (χ0) is 25.4. The molecule has 0 bridgehead atoms. The van der Waals surface area contributed by atoms with Crippen LogP contribution < -0.4 is 15.8 Å². The van der Waals surface area contributed by atoms with Gasteiger partial charge in [0, 0.05) is 29.3 Å². The number of nitrogens with one attached hydrogen (secondary N) is 1. The van der Waals surface area contributed by atoms with E-state index in [9.17, 15) is 31.5 Å². The average molecular weight is 487 g/mol. The van der Waals surface area contributed by atoms with Crippen LogP contribution in [0, 0.1) is 17.6 Å². The highest BCUT2D eigenvalue weighted by atomic mass is 19.4. The second-order valence-corrected chi connectivity index (χ2v) is 7.95. The van der Waals surface area contributed by atoms with Crippen molar-refractivity contribution in [2.45, 2.75) is 44.6 Å². The maximum absolute atomic E-state index is 14.5. The van der Waals surface area contributed by atoms with Gasteiger partial charge in [-0.2, -0.15) is 17.6 Å². The normalized spacial score (nSPS) is 24.6. The Morgan fingerprint density at radius 1 is 1.26 bits per heavy atom. The van der Waals surface area contributed by atoms with Crippen LogP contribution in [-0.2, 0) is 9.53 Å². The molecule has 4 atom stereocenters. The van der Waals surface area contributed by atoms with E-state index >= 15 is 0 Å². The number of pyridine rings is 1. The molecule has 1 aromatic heterocycles. The number of primary amides is 1. The number of aromatic nitrogens is 1. The zero-order valence-electron chi connectivity index (χ0n) is 18.4. The van der Waals surface area contributed by atoms with E-state index in [1.54, 1.807) is 0 Å². The fourth-order valence-electron chi connectivity index (χ4n) is 3.98. The highest BCUT2D eigenvalue weighted by molar-refractivity contribution is 5.97. The van der Waals surface area contributed by atoms with Gasteiger partial charge in [-0.05, 0) is 32.0 Å². The van der Waals surface area contributed by atoms with Gasteiger partial charge in [0.05, 0.1) is 6.61 Å². The minimum atomic E-state index is -4.89. The lowest BCUT2D eigenvalue weighted by Gasteiger charge is -2.32. The summed E-state index contributed by atoms with van der Waals surface area (Å²) < 4.78 is 80.9. The van der Waals surface area contributed by atoms with E-state index in [1.807, 2.05) is 0 Å². The van der Waals surface area contributed by atoms with Crippen molar-refractivity contribution in [2.75, 3.05) is 11.9 Å². The predicted molar refractivity (Wildman–Crippen MR) is 110 cm³/mol. The van der Waals surface area contributed by atoms with E-state index in [-0.39, 0.29) is 23.6 Å². The van der Waals surface area contributed by atoms with Crippen molar-refractivity contribution in [3.8, 4) is 5.75 Å². The van der Waals surface area contributed by atoms with Crippen molar-refractivity contribution < 1.29 is 41.0 Å². The van der Waals surface area contributed by atoms with E-state index < -0.39 is 58.9 Å². The molecular formula is C22H22F5N3O4. The van der Waals surface area contributed by atoms with Crippen molar-refractivity contribution >= 4 is 17.5 Å². The molecule has 0 radical (unpaired) electrons. The number of rotatable bonds is 6. The Morgan fingerprint density at radius 3 is 2.53 bits per heavy atom. The van der Waals surface area contributed by atoms with Gasteiger partial charge in [0.1, 0.15) is 11.8 Å². The summed E-state index contributed by atoms with van der Waals surface area (Å²) in [5.74, 6) is -7.87. The summed E-state index contributed by atoms with van der Waals surface area (Å²) in [5.41, 5.74) is 2.07. The van der Waals surface area contributed by atoms with E-state index in [0.717, 1.165) is 25.1 Å². The smallest absolute Gasteiger partial charge is 0.417 e. The molecule has 1 aliphatic rings. The molecule has 1 saturated heterocycles. The summed E-state index contributed by atoms with van der Waals surface area (Å²) in [6, 6.07) is 4.26. The van der Waals surface area contributed by atoms with Gasteiger partial charge in [0.25, 0.3) is 11.8 Å². The zero-order valence-corrected chi connectivity index (χ0v) is 18.4. The van der Waals surface area contributed by atoms with Crippen molar-refractivity contribution in [3.63, 3.8) is 0 Å². The number of hydrogen-bond donors (Lipinski definition) is 2. The van der Waals surface area contributed by atoms with E-state index in [0.29, 0.717) is 0 Å². The molecule has 1 aromatic carbocycles. The molecule has 0 spiro atoms. The van der Waals surface area contributed by atoms with Gasteiger partial charge >= 0.3 is 6.18 Å². The molecule has 0 aliphatic carbocycles. The first-order valence-electron chi connectivity index (χ1n) is 10.2. The van der Waals surface area contributed by atoms with Gasteiger partial charge in [0.15, 0.2) is 17.2 Å². The third-order valence-electron chi connectivity index (χ3n) is 5.93.